The van der Waals surface area contributed by atoms with E-state index in [0.29, 0.717) is 11.2 Å². The Balaban J connectivity index is 0.000000297. The van der Waals surface area contributed by atoms with Gasteiger partial charge in [0.25, 0.3) is 0 Å². The molecule has 4 nitrogen and oxygen atoms in total. The molecule has 3 N–H and O–H groups in total. The van der Waals surface area contributed by atoms with Gasteiger partial charge in [0.05, 0.1) is 0 Å². The second kappa shape index (κ2) is 12.2. The summed E-state index contributed by atoms with van der Waals surface area (Å²) in [6, 6.07) is 21.6. The topological polar surface area (TPSA) is 77.8 Å². The Morgan fingerprint density at radius 3 is 1.25 bits per heavy atom. The molecule has 3 rings (SSSR count). The molecule has 0 radical (unpaired) electrons. The first-order valence-corrected chi connectivity index (χ1v) is 11.1. The fourth-order valence-electron chi connectivity index (χ4n) is 3.50. The number of phenols is 3. The number of aromatic hydroxyl groups is 3. The van der Waals surface area contributed by atoms with Crippen molar-refractivity contribution in [1.82, 2.24) is 0 Å². The molecule has 0 amide bonds. The molecule has 0 atom stereocenters. The summed E-state index contributed by atoms with van der Waals surface area (Å²) < 4.78 is 0. The zero-order valence-electron chi connectivity index (χ0n) is 19.5. The first kappa shape index (κ1) is 27.1. The van der Waals surface area contributed by atoms with Gasteiger partial charge in [-0.05, 0) is 83.5 Å². The Hall–Kier alpha value is -2.92. The largest absolute Gasteiger partial charge is 0.508 e. The van der Waals surface area contributed by atoms with Crippen LogP contribution in [0.2, 0.25) is 0 Å². The van der Waals surface area contributed by atoms with E-state index in [2.05, 4.69) is 34.6 Å². The van der Waals surface area contributed by atoms with E-state index in [1.807, 2.05) is 43.2 Å². The van der Waals surface area contributed by atoms with Gasteiger partial charge in [0.2, 0.25) is 0 Å². The third-order valence-electron chi connectivity index (χ3n) is 4.53. The lowest BCUT2D eigenvalue weighted by Crippen LogP contribution is -2.24. The predicted molar refractivity (Wildman–Crippen MR) is 133 cm³/mol. The standard InChI is InChI=1S/C14H22O.C12H10O2S.CH2O/c1-13(2,3)10-14(4,5)11-6-8-12(15)9-7-11;13-9-1-5-11(6-2-9)15-12-7-3-10(14)4-8-12;1-2/h6-9,15H,10H2,1-5H3;1-8,13-14H;1H2. The Morgan fingerprint density at radius 1 is 0.625 bits per heavy atom. The molecule has 0 saturated carbocycles. The first-order chi connectivity index (χ1) is 14.9. The molecule has 0 saturated heterocycles. The van der Waals surface area contributed by atoms with Crippen LogP contribution in [0.25, 0.3) is 0 Å². The highest BCUT2D eigenvalue weighted by Crippen LogP contribution is 2.36. The highest BCUT2D eigenvalue weighted by molar-refractivity contribution is 7.99. The average Bonchev–Trinajstić information content (AvgIpc) is 2.72. The van der Waals surface area contributed by atoms with Crippen molar-refractivity contribution in [2.45, 2.75) is 56.2 Å². The Bertz CT molecular complexity index is 882. The average molecular weight is 455 g/mol. The van der Waals surface area contributed by atoms with Crippen molar-refractivity contribution < 1.29 is 20.1 Å². The molecule has 3 aromatic carbocycles. The van der Waals surface area contributed by atoms with Gasteiger partial charge in [-0.15, -0.1) is 0 Å². The predicted octanol–water partition coefficient (Wildman–Crippen LogP) is 7.17. The van der Waals surface area contributed by atoms with Gasteiger partial charge in [0.15, 0.2) is 0 Å². The van der Waals surface area contributed by atoms with Gasteiger partial charge in [-0.1, -0.05) is 58.5 Å². The minimum Gasteiger partial charge on any atom is -0.508 e. The smallest absolute Gasteiger partial charge is 0.115 e. The number of carbonyl (C=O) groups is 1. The molecular formula is C27H34O4S. The molecule has 3 aromatic rings. The van der Waals surface area contributed by atoms with E-state index in [4.69, 9.17) is 15.0 Å². The summed E-state index contributed by atoms with van der Waals surface area (Å²) in [5.41, 5.74) is 1.77. The lowest BCUT2D eigenvalue weighted by atomic mass is 9.72. The number of carbonyl (C=O) groups excluding carboxylic acids is 1. The fraction of sp³-hybridized carbons (Fsp3) is 0.296. The third kappa shape index (κ3) is 9.92. The van der Waals surface area contributed by atoms with E-state index in [1.54, 1.807) is 48.2 Å². The maximum atomic E-state index is 9.25. The monoisotopic (exact) mass is 454 g/mol. The van der Waals surface area contributed by atoms with Crippen molar-refractivity contribution in [3.05, 3.63) is 78.4 Å². The number of rotatable bonds is 4. The first-order valence-electron chi connectivity index (χ1n) is 10.3. The van der Waals surface area contributed by atoms with Gasteiger partial charge in [-0.3, -0.25) is 0 Å². The highest BCUT2D eigenvalue weighted by Gasteiger charge is 2.26. The molecule has 0 aromatic heterocycles. The van der Waals surface area contributed by atoms with E-state index < -0.39 is 0 Å². The van der Waals surface area contributed by atoms with Crippen LogP contribution in [0.5, 0.6) is 17.2 Å². The minimum absolute atomic E-state index is 0.159. The minimum atomic E-state index is 0.159. The van der Waals surface area contributed by atoms with Gasteiger partial charge in [-0.2, -0.15) is 0 Å². The molecule has 0 heterocycles. The Kier molecular flexibility index (Phi) is 10.3. The molecule has 0 fully saturated rings. The normalized spacial score (nSPS) is 10.9. The van der Waals surface area contributed by atoms with Crippen LogP contribution >= 0.6 is 11.8 Å². The number of benzene rings is 3. The van der Waals surface area contributed by atoms with E-state index in [1.165, 1.54) is 5.56 Å². The van der Waals surface area contributed by atoms with Gasteiger partial charge in [0, 0.05) is 9.79 Å². The van der Waals surface area contributed by atoms with Crippen LogP contribution in [0.1, 0.15) is 46.6 Å². The second-order valence-corrected chi connectivity index (χ2v) is 10.4. The number of hydrogen-bond donors (Lipinski definition) is 3. The van der Waals surface area contributed by atoms with E-state index in [9.17, 15) is 5.11 Å². The molecule has 0 unspecified atom stereocenters. The fourth-order valence-corrected chi connectivity index (χ4v) is 4.32. The van der Waals surface area contributed by atoms with Crippen LogP contribution in [-0.4, -0.2) is 22.1 Å². The summed E-state index contributed by atoms with van der Waals surface area (Å²) in [6.45, 7) is 13.3. The van der Waals surface area contributed by atoms with E-state index in [0.717, 1.165) is 16.2 Å². The number of hydrogen-bond acceptors (Lipinski definition) is 5. The van der Waals surface area contributed by atoms with Crippen molar-refractivity contribution in [1.29, 1.82) is 0 Å². The van der Waals surface area contributed by atoms with Gasteiger partial charge in [0.1, 0.15) is 24.0 Å². The molecule has 0 aliphatic rings. The summed E-state index contributed by atoms with van der Waals surface area (Å²) in [6.07, 6.45) is 1.13. The molecule has 0 aliphatic heterocycles. The maximum absolute atomic E-state index is 9.25. The second-order valence-electron chi connectivity index (χ2n) is 9.26. The van der Waals surface area contributed by atoms with Crippen LogP contribution < -0.4 is 0 Å². The summed E-state index contributed by atoms with van der Waals surface area (Å²) >= 11 is 1.58. The summed E-state index contributed by atoms with van der Waals surface area (Å²) in [4.78, 5) is 10.1. The lowest BCUT2D eigenvalue weighted by Gasteiger charge is -2.33. The van der Waals surface area contributed by atoms with Crippen molar-refractivity contribution in [3.63, 3.8) is 0 Å². The third-order valence-corrected chi connectivity index (χ3v) is 5.55. The van der Waals surface area contributed by atoms with Gasteiger partial charge < -0.3 is 20.1 Å². The van der Waals surface area contributed by atoms with Crippen molar-refractivity contribution in [2.24, 2.45) is 5.41 Å². The van der Waals surface area contributed by atoms with Gasteiger partial charge >= 0.3 is 0 Å². The van der Waals surface area contributed by atoms with Crippen LogP contribution in [0, 0.1) is 5.41 Å². The van der Waals surface area contributed by atoms with Crippen LogP contribution in [0.15, 0.2) is 82.6 Å². The molecule has 32 heavy (non-hydrogen) atoms. The molecule has 0 spiro atoms. The Morgan fingerprint density at radius 2 is 0.938 bits per heavy atom. The molecule has 0 bridgehead atoms. The van der Waals surface area contributed by atoms with Crippen molar-refractivity contribution in [3.8, 4) is 17.2 Å². The molecule has 0 aliphatic carbocycles. The molecule has 172 valence electrons. The SMILES string of the molecule is C=O.CC(C)(C)CC(C)(C)c1ccc(O)cc1.Oc1ccc(Sc2ccc(O)cc2)cc1. The summed E-state index contributed by atoms with van der Waals surface area (Å²) in [5, 5.41) is 27.5. The van der Waals surface area contributed by atoms with Crippen molar-refractivity contribution >= 4 is 18.6 Å². The van der Waals surface area contributed by atoms with Crippen LogP contribution in [-0.2, 0) is 10.2 Å². The Labute approximate surface area is 196 Å². The summed E-state index contributed by atoms with van der Waals surface area (Å²) in [5.74, 6) is 0.875. The van der Waals surface area contributed by atoms with Crippen molar-refractivity contribution in [2.75, 3.05) is 0 Å². The van der Waals surface area contributed by atoms with E-state index >= 15 is 0 Å². The molecular weight excluding hydrogens is 420 g/mol. The number of phenolic OH excluding ortho intramolecular Hbond substituents is 3. The quantitative estimate of drug-likeness (QED) is 0.389. The lowest BCUT2D eigenvalue weighted by molar-refractivity contribution is -0.0980. The zero-order valence-corrected chi connectivity index (χ0v) is 20.3. The zero-order chi connectivity index (χ0) is 24.4. The van der Waals surface area contributed by atoms with Crippen LogP contribution in [0.3, 0.4) is 0 Å². The van der Waals surface area contributed by atoms with E-state index in [-0.39, 0.29) is 16.9 Å². The van der Waals surface area contributed by atoms with Crippen LogP contribution in [0.4, 0.5) is 0 Å². The molecule has 5 heteroatoms. The maximum Gasteiger partial charge on any atom is 0.115 e. The van der Waals surface area contributed by atoms with Gasteiger partial charge in [-0.25, -0.2) is 0 Å². The summed E-state index contributed by atoms with van der Waals surface area (Å²) in [7, 11) is 0. The highest BCUT2D eigenvalue weighted by atomic mass is 32.2.